The zero-order chi connectivity index (χ0) is 14.9. The number of aromatic nitrogens is 3. The third kappa shape index (κ3) is 3.29. The van der Waals surface area contributed by atoms with E-state index in [9.17, 15) is 4.79 Å². The molecule has 0 bridgehead atoms. The highest BCUT2D eigenvalue weighted by atomic mass is 35.5. The second-order valence-electron chi connectivity index (χ2n) is 5.34. The first-order chi connectivity index (χ1) is 9.27. The van der Waals surface area contributed by atoms with Gasteiger partial charge < -0.3 is 5.32 Å². The van der Waals surface area contributed by atoms with Crippen LogP contribution in [0, 0.1) is 0 Å². The van der Waals surface area contributed by atoms with Crippen LogP contribution in [0.5, 0.6) is 0 Å². The number of H-pyrrole nitrogens is 1. The van der Waals surface area contributed by atoms with Crippen molar-refractivity contribution in [3.8, 4) is 0 Å². The molecule has 2 aromatic rings. The molecule has 0 atom stereocenters. The van der Waals surface area contributed by atoms with Crippen LogP contribution < -0.4 is 5.32 Å². The largest absolute Gasteiger partial charge is 0.319 e. The van der Waals surface area contributed by atoms with E-state index in [1.54, 1.807) is 18.2 Å². The van der Waals surface area contributed by atoms with Crippen molar-refractivity contribution in [3.63, 3.8) is 0 Å². The van der Waals surface area contributed by atoms with Gasteiger partial charge in [-0.15, -0.1) is 5.10 Å². The van der Waals surface area contributed by atoms with E-state index in [-0.39, 0.29) is 11.2 Å². The van der Waals surface area contributed by atoms with Crippen LogP contribution in [0.15, 0.2) is 18.2 Å². The van der Waals surface area contributed by atoms with Crippen LogP contribution >= 0.6 is 23.2 Å². The van der Waals surface area contributed by atoms with E-state index in [1.807, 2.05) is 20.8 Å². The molecular formula is C13H14Cl2N4O. The van der Waals surface area contributed by atoms with Gasteiger partial charge in [0.25, 0.3) is 5.91 Å². The maximum atomic E-state index is 12.0. The Morgan fingerprint density at radius 1 is 1.25 bits per heavy atom. The van der Waals surface area contributed by atoms with Gasteiger partial charge in [-0.25, -0.2) is 4.98 Å². The number of aromatic amines is 1. The Balaban J connectivity index is 2.16. The van der Waals surface area contributed by atoms with Crippen molar-refractivity contribution in [1.82, 2.24) is 15.2 Å². The average Bonchev–Trinajstić information content (AvgIpc) is 2.83. The minimum absolute atomic E-state index is 0.0843. The molecule has 0 aliphatic heterocycles. The number of halogens is 2. The van der Waals surface area contributed by atoms with Crippen LogP contribution in [-0.2, 0) is 5.41 Å². The van der Waals surface area contributed by atoms with Crippen LogP contribution in [0.4, 0.5) is 5.69 Å². The fourth-order valence-electron chi connectivity index (χ4n) is 1.46. The van der Waals surface area contributed by atoms with E-state index in [2.05, 4.69) is 20.5 Å². The molecule has 0 fully saturated rings. The van der Waals surface area contributed by atoms with Gasteiger partial charge in [0.15, 0.2) is 0 Å². The molecule has 0 saturated heterocycles. The highest BCUT2D eigenvalue weighted by Crippen LogP contribution is 2.25. The average molecular weight is 313 g/mol. The normalized spacial score (nSPS) is 11.4. The minimum Gasteiger partial charge on any atom is -0.319 e. The lowest BCUT2D eigenvalue weighted by molar-refractivity contribution is 0.101. The first-order valence-corrected chi connectivity index (χ1v) is 6.72. The number of carbonyl (C=O) groups is 1. The molecule has 0 saturated carbocycles. The molecular weight excluding hydrogens is 299 g/mol. The fourth-order valence-corrected chi connectivity index (χ4v) is 1.76. The van der Waals surface area contributed by atoms with E-state index in [0.29, 0.717) is 21.6 Å². The van der Waals surface area contributed by atoms with Gasteiger partial charge in [-0.05, 0) is 18.2 Å². The number of nitrogens with zero attached hydrogens (tertiary/aromatic N) is 2. The van der Waals surface area contributed by atoms with Gasteiger partial charge in [-0.1, -0.05) is 44.0 Å². The molecule has 1 aromatic carbocycles. The summed E-state index contributed by atoms with van der Waals surface area (Å²) in [5.74, 6) is 0.327. The maximum Gasteiger partial charge on any atom is 0.295 e. The topological polar surface area (TPSA) is 70.7 Å². The molecule has 7 heteroatoms. The Morgan fingerprint density at radius 2 is 1.95 bits per heavy atom. The molecule has 2 N–H and O–H groups in total. The third-order valence-electron chi connectivity index (χ3n) is 2.58. The van der Waals surface area contributed by atoms with Crippen LogP contribution in [-0.4, -0.2) is 21.1 Å². The number of hydrogen-bond acceptors (Lipinski definition) is 3. The SMILES string of the molecule is CC(C)(C)c1nc(C(=O)Nc2ccc(Cl)c(Cl)c2)n[nH]1. The highest BCUT2D eigenvalue weighted by molar-refractivity contribution is 6.42. The monoisotopic (exact) mass is 312 g/mol. The van der Waals surface area contributed by atoms with Gasteiger partial charge in [0, 0.05) is 11.1 Å². The van der Waals surface area contributed by atoms with Crippen LogP contribution in [0.1, 0.15) is 37.2 Å². The maximum absolute atomic E-state index is 12.0. The number of anilines is 1. The second-order valence-corrected chi connectivity index (χ2v) is 6.16. The van der Waals surface area contributed by atoms with Gasteiger partial charge in [0.05, 0.1) is 10.0 Å². The van der Waals surface area contributed by atoms with Crippen molar-refractivity contribution in [2.75, 3.05) is 5.32 Å². The summed E-state index contributed by atoms with van der Waals surface area (Å²) in [6.07, 6.45) is 0. The third-order valence-corrected chi connectivity index (χ3v) is 3.32. The van der Waals surface area contributed by atoms with E-state index in [0.717, 1.165) is 0 Å². The lowest BCUT2D eigenvalue weighted by Crippen LogP contribution is -2.16. The summed E-state index contributed by atoms with van der Waals surface area (Å²) in [5, 5.41) is 10.1. The zero-order valence-electron chi connectivity index (χ0n) is 11.3. The number of rotatable bonds is 2. The first-order valence-electron chi connectivity index (χ1n) is 5.96. The van der Waals surface area contributed by atoms with E-state index < -0.39 is 5.91 Å². The molecule has 0 radical (unpaired) electrons. The Morgan fingerprint density at radius 3 is 2.50 bits per heavy atom. The molecule has 5 nitrogen and oxygen atoms in total. The summed E-state index contributed by atoms with van der Waals surface area (Å²) < 4.78 is 0. The Hall–Kier alpha value is -1.59. The van der Waals surface area contributed by atoms with Crippen molar-refractivity contribution in [2.24, 2.45) is 0 Å². The van der Waals surface area contributed by atoms with Crippen LogP contribution in [0.25, 0.3) is 0 Å². The molecule has 0 aliphatic rings. The van der Waals surface area contributed by atoms with Gasteiger partial charge in [0.2, 0.25) is 5.82 Å². The lowest BCUT2D eigenvalue weighted by atomic mass is 9.96. The molecule has 2 rings (SSSR count). The number of nitrogens with one attached hydrogen (secondary N) is 2. The van der Waals surface area contributed by atoms with Gasteiger partial charge in [0.1, 0.15) is 5.82 Å². The molecule has 106 valence electrons. The summed E-state index contributed by atoms with van der Waals surface area (Å²) in [5.41, 5.74) is 0.335. The van der Waals surface area contributed by atoms with Crippen LogP contribution in [0.2, 0.25) is 10.0 Å². The molecule has 0 aliphatic carbocycles. The Bertz CT molecular complexity index is 646. The van der Waals surface area contributed by atoms with Gasteiger partial charge in [-0.2, -0.15) is 0 Å². The number of hydrogen-bond donors (Lipinski definition) is 2. The van der Waals surface area contributed by atoms with Crippen molar-refractivity contribution in [3.05, 3.63) is 39.9 Å². The summed E-state index contributed by atoms with van der Waals surface area (Å²) in [7, 11) is 0. The van der Waals surface area contributed by atoms with Crippen LogP contribution in [0.3, 0.4) is 0 Å². The van der Waals surface area contributed by atoms with Crippen molar-refractivity contribution < 1.29 is 4.79 Å². The molecule has 20 heavy (non-hydrogen) atoms. The zero-order valence-corrected chi connectivity index (χ0v) is 12.8. The predicted molar refractivity (Wildman–Crippen MR) is 79.5 cm³/mol. The number of carbonyl (C=O) groups excluding carboxylic acids is 1. The Kier molecular flexibility index (Phi) is 4.01. The lowest BCUT2D eigenvalue weighted by Gasteiger charge is -2.12. The summed E-state index contributed by atoms with van der Waals surface area (Å²) in [6, 6.07) is 4.83. The van der Waals surface area contributed by atoms with Crippen molar-refractivity contribution in [2.45, 2.75) is 26.2 Å². The Labute approximate surface area is 126 Å². The second kappa shape index (κ2) is 5.42. The molecule has 1 heterocycles. The minimum atomic E-state index is -0.407. The molecule has 1 amide bonds. The summed E-state index contributed by atoms with van der Waals surface area (Å²) in [6.45, 7) is 5.94. The molecule has 0 spiro atoms. The van der Waals surface area contributed by atoms with Gasteiger partial charge in [-0.3, -0.25) is 9.89 Å². The standard InChI is InChI=1S/C13H14Cl2N4O/c1-13(2,3)12-17-10(18-19-12)11(20)16-7-4-5-8(14)9(15)6-7/h4-6H,1-3H3,(H,16,20)(H,17,18,19). The molecule has 1 aromatic heterocycles. The quantitative estimate of drug-likeness (QED) is 0.889. The van der Waals surface area contributed by atoms with Gasteiger partial charge >= 0.3 is 0 Å². The number of amides is 1. The van der Waals surface area contributed by atoms with E-state index in [4.69, 9.17) is 23.2 Å². The van der Waals surface area contributed by atoms with E-state index in [1.165, 1.54) is 0 Å². The van der Waals surface area contributed by atoms with Crippen molar-refractivity contribution in [1.29, 1.82) is 0 Å². The highest BCUT2D eigenvalue weighted by Gasteiger charge is 2.21. The summed E-state index contributed by atoms with van der Waals surface area (Å²) >= 11 is 11.7. The van der Waals surface area contributed by atoms with E-state index >= 15 is 0 Å². The van der Waals surface area contributed by atoms with Crippen molar-refractivity contribution >= 4 is 34.8 Å². The summed E-state index contributed by atoms with van der Waals surface area (Å²) in [4.78, 5) is 16.2. The predicted octanol–water partition coefficient (Wildman–Crippen LogP) is 3.66. The molecule has 0 unspecified atom stereocenters. The number of benzene rings is 1. The first kappa shape index (κ1) is 14.8. The smallest absolute Gasteiger partial charge is 0.295 e. The fraction of sp³-hybridized carbons (Fsp3) is 0.308.